The van der Waals surface area contributed by atoms with E-state index >= 15 is 0 Å². The number of nitrogens with zero attached hydrogens (tertiary/aromatic N) is 1. The summed E-state index contributed by atoms with van der Waals surface area (Å²) in [6, 6.07) is 13.1. The van der Waals surface area contributed by atoms with Gasteiger partial charge < -0.3 is 10.1 Å². The molecule has 1 saturated heterocycles. The van der Waals surface area contributed by atoms with Crippen LogP contribution in [0.3, 0.4) is 0 Å². The molecule has 0 radical (unpaired) electrons. The van der Waals surface area contributed by atoms with Crippen molar-refractivity contribution in [1.29, 1.82) is 0 Å². The van der Waals surface area contributed by atoms with Gasteiger partial charge in [-0.05, 0) is 24.3 Å². The van der Waals surface area contributed by atoms with Crippen LogP contribution in [0.1, 0.15) is 12.8 Å². The summed E-state index contributed by atoms with van der Waals surface area (Å²) < 4.78 is 4.99. The van der Waals surface area contributed by atoms with Crippen LogP contribution in [0.15, 0.2) is 54.6 Å². The molecule has 3 amide bonds. The first-order valence-corrected chi connectivity index (χ1v) is 9.48. The molecule has 1 aliphatic carbocycles. The number of amides is 3. The number of imide groups is 1. The van der Waals surface area contributed by atoms with Crippen molar-refractivity contribution in [2.24, 2.45) is 11.8 Å². The monoisotopic (exact) mass is 392 g/mol. The van der Waals surface area contributed by atoms with Crippen LogP contribution in [0.25, 0.3) is 10.8 Å². The number of carbonyl (C=O) groups is 4. The number of hydrogen-bond acceptors (Lipinski definition) is 5. The molecule has 7 nitrogen and oxygen atoms in total. The van der Waals surface area contributed by atoms with Gasteiger partial charge in [-0.1, -0.05) is 48.6 Å². The van der Waals surface area contributed by atoms with Gasteiger partial charge in [0.1, 0.15) is 6.54 Å². The number of fused-ring (bicyclic) bond motifs is 2. The molecule has 1 heterocycles. The lowest BCUT2D eigenvalue weighted by molar-refractivity contribution is -0.154. The molecular weight excluding hydrogens is 372 g/mol. The second-order valence-electron chi connectivity index (χ2n) is 7.15. The number of allylic oxidation sites excluding steroid dienone is 2. The first kappa shape index (κ1) is 18.9. The Morgan fingerprint density at radius 3 is 2.34 bits per heavy atom. The van der Waals surface area contributed by atoms with Gasteiger partial charge in [-0.15, -0.1) is 0 Å². The zero-order valence-corrected chi connectivity index (χ0v) is 15.7. The van der Waals surface area contributed by atoms with E-state index in [1.807, 2.05) is 48.6 Å². The molecule has 2 aliphatic rings. The Morgan fingerprint density at radius 2 is 1.62 bits per heavy atom. The molecule has 4 rings (SSSR count). The molecule has 7 heteroatoms. The average molecular weight is 392 g/mol. The standard InChI is InChI=1S/C22H20N2O5/c25-19(23-18-11-5-7-14-6-1-2-8-15(14)18)13-29-20(26)12-24-21(27)16-9-3-4-10-17(16)22(24)28/h1-8,11,16-17H,9-10,12-13H2,(H,23,25)/t16-,17+. The first-order valence-electron chi connectivity index (χ1n) is 9.48. The number of esters is 1. The maximum Gasteiger partial charge on any atom is 0.326 e. The SMILES string of the molecule is O=C(COC(=O)CN1C(=O)[C@H]2CC=CC[C@H]2C1=O)Nc1cccc2ccccc12. The van der Waals surface area contributed by atoms with Gasteiger partial charge in [-0.3, -0.25) is 24.1 Å². The van der Waals surface area contributed by atoms with Crippen LogP contribution < -0.4 is 5.32 Å². The van der Waals surface area contributed by atoms with Gasteiger partial charge in [0.25, 0.3) is 5.91 Å². The van der Waals surface area contributed by atoms with Crippen LogP contribution >= 0.6 is 0 Å². The number of nitrogens with one attached hydrogen (secondary N) is 1. The third-order valence-corrected chi connectivity index (χ3v) is 5.31. The topological polar surface area (TPSA) is 92.8 Å². The number of hydrogen-bond donors (Lipinski definition) is 1. The molecule has 1 fully saturated rings. The lowest BCUT2D eigenvalue weighted by atomic mass is 9.85. The molecule has 1 N–H and O–H groups in total. The summed E-state index contributed by atoms with van der Waals surface area (Å²) in [7, 11) is 0. The van der Waals surface area contributed by atoms with Crippen molar-refractivity contribution in [3.05, 3.63) is 54.6 Å². The van der Waals surface area contributed by atoms with Gasteiger partial charge in [0.15, 0.2) is 6.61 Å². The van der Waals surface area contributed by atoms with E-state index < -0.39 is 36.9 Å². The number of likely N-dealkylation sites (tertiary alicyclic amines) is 1. The van der Waals surface area contributed by atoms with E-state index in [0.717, 1.165) is 15.7 Å². The van der Waals surface area contributed by atoms with Gasteiger partial charge in [0.05, 0.1) is 11.8 Å². The van der Waals surface area contributed by atoms with Crippen molar-refractivity contribution in [2.75, 3.05) is 18.5 Å². The summed E-state index contributed by atoms with van der Waals surface area (Å²) in [5, 5.41) is 4.57. The summed E-state index contributed by atoms with van der Waals surface area (Å²) in [5.74, 6) is -2.76. The minimum atomic E-state index is -0.786. The Bertz CT molecular complexity index is 998. The van der Waals surface area contributed by atoms with E-state index in [1.165, 1.54) is 0 Å². The Hall–Kier alpha value is -3.48. The minimum Gasteiger partial charge on any atom is -0.454 e. The van der Waals surface area contributed by atoms with E-state index in [9.17, 15) is 19.2 Å². The smallest absolute Gasteiger partial charge is 0.326 e. The van der Waals surface area contributed by atoms with Gasteiger partial charge in [0, 0.05) is 11.1 Å². The molecule has 148 valence electrons. The normalized spacial score (nSPS) is 20.6. The number of carbonyl (C=O) groups excluding carboxylic acids is 4. The average Bonchev–Trinajstić information content (AvgIpc) is 2.98. The van der Waals surface area contributed by atoms with Crippen LogP contribution in [-0.2, 0) is 23.9 Å². The molecule has 29 heavy (non-hydrogen) atoms. The molecular formula is C22H20N2O5. The van der Waals surface area contributed by atoms with Crippen LogP contribution in [0.4, 0.5) is 5.69 Å². The zero-order chi connectivity index (χ0) is 20.4. The fourth-order valence-corrected chi connectivity index (χ4v) is 3.87. The molecule has 2 aromatic carbocycles. The van der Waals surface area contributed by atoms with E-state index in [1.54, 1.807) is 6.07 Å². The van der Waals surface area contributed by atoms with Gasteiger partial charge in [-0.2, -0.15) is 0 Å². The van der Waals surface area contributed by atoms with Crippen LogP contribution in [-0.4, -0.2) is 41.7 Å². The highest BCUT2D eigenvalue weighted by Crippen LogP contribution is 2.34. The van der Waals surface area contributed by atoms with Crippen LogP contribution in [0.2, 0.25) is 0 Å². The maximum atomic E-state index is 12.4. The molecule has 1 aliphatic heterocycles. The maximum absolute atomic E-state index is 12.4. The van der Waals surface area contributed by atoms with Crippen molar-refractivity contribution in [2.45, 2.75) is 12.8 Å². The zero-order valence-electron chi connectivity index (χ0n) is 15.7. The molecule has 2 aromatic rings. The molecule has 0 spiro atoms. The fraction of sp³-hybridized carbons (Fsp3) is 0.273. The van der Waals surface area contributed by atoms with Crippen molar-refractivity contribution in [3.8, 4) is 0 Å². The van der Waals surface area contributed by atoms with Crippen LogP contribution in [0.5, 0.6) is 0 Å². The summed E-state index contributed by atoms with van der Waals surface area (Å²) >= 11 is 0. The minimum absolute atomic E-state index is 0.346. The quantitative estimate of drug-likeness (QED) is 0.479. The largest absolute Gasteiger partial charge is 0.454 e. The van der Waals surface area contributed by atoms with Crippen LogP contribution in [0, 0.1) is 11.8 Å². The highest BCUT2D eigenvalue weighted by Gasteiger charge is 2.47. The lowest BCUT2D eigenvalue weighted by Gasteiger charge is -2.14. The second-order valence-corrected chi connectivity index (χ2v) is 7.15. The summed E-state index contributed by atoms with van der Waals surface area (Å²) in [6.07, 6.45) is 4.78. The van der Waals surface area contributed by atoms with E-state index in [2.05, 4.69) is 5.32 Å². The predicted molar refractivity (Wildman–Crippen MR) is 106 cm³/mol. The fourth-order valence-electron chi connectivity index (χ4n) is 3.87. The summed E-state index contributed by atoms with van der Waals surface area (Å²) in [5.41, 5.74) is 0.616. The number of anilines is 1. The van der Waals surface area contributed by atoms with Crippen molar-refractivity contribution in [1.82, 2.24) is 4.90 Å². The third-order valence-electron chi connectivity index (χ3n) is 5.31. The van der Waals surface area contributed by atoms with Gasteiger partial charge >= 0.3 is 5.97 Å². The van der Waals surface area contributed by atoms with E-state index in [-0.39, 0.29) is 11.8 Å². The van der Waals surface area contributed by atoms with Crippen molar-refractivity contribution >= 4 is 40.2 Å². The number of rotatable bonds is 5. The predicted octanol–water partition coefficient (Wildman–Crippen LogP) is 2.27. The van der Waals surface area contributed by atoms with Crippen molar-refractivity contribution in [3.63, 3.8) is 0 Å². The van der Waals surface area contributed by atoms with Gasteiger partial charge in [0.2, 0.25) is 11.8 Å². The first-order chi connectivity index (χ1) is 14.0. The Balaban J connectivity index is 1.32. The second kappa shape index (κ2) is 7.87. The van der Waals surface area contributed by atoms with Crippen molar-refractivity contribution < 1.29 is 23.9 Å². The molecule has 0 unspecified atom stereocenters. The Kier molecular flexibility index (Phi) is 5.12. The van der Waals surface area contributed by atoms with E-state index in [4.69, 9.17) is 4.74 Å². The highest BCUT2D eigenvalue weighted by molar-refractivity contribution is 6.07. The molecule has 0 bridgehead atoms. The number of benzene rings is 2. The summed E-state index contributed by atoms with van der Waals surface area (Å²) in [4.78, 5) is 50.0. The molecule has 2 atom stereocenters. The highest BCUT2D eigenvalue weighted by atomic mass is 16.5. The van der Waals surface area contributed by atoms with E-state index in [0.29, 0.717) is 18.5 Å². The Morgan fingerprint density at radius 1 is 0.966 bits per heavy atom. The third kappa shape index (κ3) is 3.76. The molecule has 0 saturated carbocycles. The Labute approximate surface area is 167 Å². The lowest BCUT2D eigenvalue weighted by Crippen LogP contribution is -2.37. The van der Waals surface area contributed by atoms with Gasteiger partial charge in [-0.25, -0.2) is 0 Å². The molecule has 0 aromatic heterocycles. The number of ether oxygens (including phenoxy) is 1. The summed E-state index contributed by atoms with van der Waals surface area (Å²) in [6.45, 7) is -0.959.